The minimum absolute atomic E-state index is 0.566. The lowest BCUT2D eigenvalue weighted by Gasteiger charge is -2.39. The zero-order valence-electron chi connectivity index (χ0n) is 34.5. The van der Waals surface area contributed by atoms with Gasteiger partial charge in [-0.15, -0.1) is 0 Å². The van der Waals surface area contributed by atoms with E-state index in [1.54, 1.807) is 0 Å². The maximum absolute atomic E-state index is 6.63. The Hall–Kier alpha value is -8.54. The van der Waals surface area contributed by atoms with E-state index in [1.165, 1.54) is 22.3 Å². The van der Waals surface area contributed by atoms with Crippen LogP contribution in [0.2, 0.25) is 0 Å². The van der Waals surface area contributed by atoms with Gasteiger partial charge >= 0.3 is 0 Å². The van der Waals surface area contributed by atoms with Gasteiger partial charge in [0.05, 0.1) is 16.6 Å². The van der Waals surface area contributed by atoms with Crippen LogP contribution in [0.4, 0.5) is 0 Å². The van der Waals surface area contributed by atoms with Crippen molar-refractivity contribution < 1.29 is 4.74 Å². The minimum atomic E-state index is -0.566. The molecule has 5 nitrogen and oxygen atoms in total. The van der Waals surface area contributed by atoms with Gasteiger partial charge < -0.3 is 4.74 Å². The van der Waals surface area contributed by atoms with Crippen LogP contribution in [-0.4, -0.2) is 19.9 Å². The fraction of sp³-hybridized carbons (Fsp3) is 0.0169. The molecule has 1 aliphatic carbocycles. The van der Waals surface area contributed by atoms with E-state index < -0.39 is 5.41 Å². The second-order valence-electron chi connectivity index (χ2n) is 16.5. The van der Waals surface area contributed by atoms with E-state index in [-0.39, 0.29) is 0 Å². The summed E-state index contributed by atoms with van der Waals surface area (Å²) in [6.45, 7) is 0. The Balaban J connectivity index is 0.974. The zero-order valence-corrected chi connectivity index (χ0v) is 34.5. The molecule has 0 amide bonds. The molecule has 2 aliphatic rings. The van der Waals surface area contributed by atoms with Gasteiger partial charge in [0.1, 0.15) is 11.5 Å². The highest BCUT2D eigenvalue weighted by Gasteiger charge is 2.51. The Labute approximate surface area is 370 Å². The van der Waals surface area contributed by atoms with E-state index in [0.717, 1.165) is 83.4 Å². The summed E-state index contributed by atoms with van der Waals surface area (Å²) >= 11 is 0. The third kappa shape index (κ3) is 5.51. The van der Waals surface area contributed by atoms with Crippen LogP contribution >= 0.6 is 0 Å². The van der Waals surface area contributed by atoms with Gasteiger partial charge in [-0.25, -0.2) is 19.9 Å². The molecule has 0 atom stereocenters. The van der Waals surface area contributed by atoms with Gasteiger partial charge in [-0.3, -0.25) is 0 Å². The predicted octanol–water partition coefficient (Wildman–Crippen LogP) is 14.4. The van der Waals surface area contributed by atoms with Gasteiger partial charge in [-0.05, 0) is 69.1 Å². The normalized spacial score (nSPS) is 12.9. The average Bonchev–Trinajstić information content (AvgIpc) is 3.65. The number of fused-ring (bicyclic) bond motifs is 12. The first-order chi connectivity index (χ1) is 31.7. The van der Waals surface area contributed by atoms with E-state index >= 15 is 0 Å². The summed E-state index contributed by atoms with van der Waals surface area (Å²) in [5.74, 6) is 3.62. The van der Waals surface area contributed by atoms with Crippen LogP contribution in [0.15, 0.2) is 218 Å². The Kier molecular flexibility index (Phi) is 8.06. The predicted molar refractivity (Wildman–Crippen MR) is 257 cm³/mol. The van der Waals surface area contributed by atoms with E-state index in [0.29, 0.717) is 17.5 Å². The summed E-state index contributed by atoms with van der Waals surface area (Å²) in [6, 6.07) is 76.7. The second-order valence-corrected chi connectivity index (χ2v) is 16.5. The third-order valence-electron chi connectivity index (χ3n) is 13.0. The van der Waals surface area contributed by atoms with Gasteiger partial charge in [-0.1, -0.05) is 188 Å². The Bertz CT molecular complexity index is 3580. The standard InChI is InChI=1S/C59H36N4O/c1-3-15-37(16-4-1)38-27-31-41(32-28-38)57-61-56(40-17-5-2-6-18-40)62-58(63-57)42-33-29-39(30-34-42)55-47-35-46-43-19-7-9-21-48(43)59(51(46)36-45(47)44-20-8-12-24-52(44)60-55)49-22-10-13-25-53(49)64-54-26-14-11-23-50(54)59/h1-36H. The van der Waals surface area contributed by atoms with Crippen LogP contribution in [0.1, 0.15) is 22.3 Å². The third-order valence-corrected chi connectivity index (χ3v) is 13.0. The summed E-state index contributed by atoms with van der Waals surface area (Å²) in [5, 5.41) is 3.37. The molecule has 0 bridgehead atoms. The minimum Gasteiger partial charge on any atom is -0.457 e. The first-order valence-corrected chi connectivity index (χ1v) is 21.6. The van der Waals surface area contributed by atoms with E-state index in [2.05, 4.69) is 182 Å². The van der Waals surface area contributed by atoms with Gasteiger partial charge in [0.2, 0.25) is 0 Å². The SMILES string of the molecule is c1ccc(-c2ccc(-c3nc(-c4ccccc4)nc(-c4ccc(-c5nc6ccccc6c6cc7c(cc56)-c5ccccc5C75c6ccccc6Oc6ccccc65)cc4)n3)cc2)cc1. The molecule has 13 rings (SSSR count). The summed E-state index contributed by atoms with van der Waals surface area (Å²) in [7, 11) is 0. The number of nitrogens with zero attached hydrogens (tertiary/aromatic N) is 4. The van der Waals surface area contributed by atoms with Crippen molar-refractivity contribution in [2.24, 2.45) is 0 Å². The molecule has 11 aromatic rings. The van der Waals surface area contributed by atoms with E-state index in [9.17, 15) is 0 Å². The molecule has 0 fully saturated rings. The number of benzene rings is 9. The first-order valence-electron chi connectivity index (χ1n) is 21.6. The summed E-state index contributed by atoms with van der Waals surface area (Å²) in [5.41, 5.74) is 14.6. The Morgan fingerprint density at radius 1 is 0.297 bits per heavy atom. The highest BCUT2D eigenvalue weighted by atomic mass is 16.5. The topological polar surface area (TPSA) is 60.8 Å². The molecular weight excluding hydrogens is 781 g/mol. The molecule has 0 saturated carbocycles. The lowest BCUT2D eigenvalue weighted by Crippen LogP contribution is -2.32. The van der Waals surface area contributed by atoms with Crippen molar-refractivity contribution in [1.29, 1.82) is 0 Å². The van der Waals surface area contributed by atoms with Crippen LogP contribution in [0, 0.1) is 0 Å². The van der Waals surface area contributed by atoms with Crippen LogP contribution in [0.3, 0.4) is 0 Å². The van der Waals surface area contributed by atoms with Crippen molar-refractivity contribution >= 4 is 21.7 Å². The summed E-state index contributed by atoms with van der Waals surface area (Å²) < 4.78 is 6.63. The van der Waals surface area contributed by atoms with Crippen LogP contribution in [0.25, 0.3) is 89.4 Å². The highest BCUT2D eigenvalue weighted by molar-refractivity contribution is 6.13. The van der Waals surface area contributed by atoms with E-state index in [4.69, 9.17) is 24.7 Å². The average molecular weight is 817 g/mol. The monoisotopic (exact) mass is 816 g/mol. The number of para-hydroxylation sites is 3. The summed E-state index contributed by atoms with van der Waals surface area (Å²) in [6.07, 6.45) is 0. The molecule has 1 aliphatic heterocycles. The quantitative estimate of drug-likeness (QED) is 0.162. The summed E-state index contributed by atoms with van der Waals surface area (Å²) in [4.78, 5) is 20.5. The van der Waals surface area contributed by atoms with Crippen molar-refractivity contribution in [2.75, 3.05) is 0 Å². The molecule has 0 saturated heterocycles. The van der Waals surface area contributed by atoms with Crippen molar-refractivity contribution in [1.82, 2.24) is 19.9 Å². The highest BCUT2D eigenvalue weighted by Crippen LogP contribution is 2.62. The van der Waals surface area contributed by atoms with Gasteiger partial charge in [0, 0.05) is 44.2 Å². The number of ether oxygens (including phenoxy) is 1. The first kappa shape index (κ1) is 36.1. The van der Waals surface area contributed by atoms with Crippen molar-refractivity contribution in [3.63, 3.8) is 0 Å². The lowest BCUT2D eigenvalue weighted by atomic mass is 9.66. The van der Waals surface area contributed by atoms with Crippen molar-refractivity contribution in [3.8, 4) is 79.2 Å². The van der Waals surface area contributed by atoms with Crippen molar-refractivity contribution in [2.45, 2.75) is 5.41 Å². The smallest absolute Gasteiger partial charge is 0.164 e. The second kappa shape index (κ2) is 14.3. The van der Waals surface area contributed by atoms with Crippen LogP contribution in [-0.2, 0) is 5.41 Å². The number of hydrogen-bond donors (Lipinski definition) is 0. The molecule has 9 aromatic carbocycles. The molecule has 5 heteroatoms. The fourth-order valence-corrected chi connectivity index (χ4v) is 10.1. The maximum atomic E-state index is 6.63. The fourth-order valence-electron chi connectivity index (χ4n) is 10.1. The van der Waals surface area contributed by atoms with Gasteiger partial charge in [0.15, 0.2) is 17.5 Å². The number of pyridine rings is 1. The van der Waals surface area contributed by atoms with Crippen LogP contribution < -0.4 is 4.74 Å². The largest absolute Gasteiger partial charge is 0.457 e. The molecule has 0 radical (unpaired) electrons. The van der Waals surface area contributed by atoms with Gasteiger partial charge in [-0.2, -0.15) is 0 Å². The Morgan fingerprint density at radius 2 is 0.766 bits per heavy atom. The number of hydrogen-bond acceptors (Lipinski definition) is 5. The van der Waals surface area contributed by atoms with Crippen molar-refractivity contribution in [3.05, 3.63) is 241 Å². The number of rotatable bonds is 5. The van der Waals surface area contributed by atoms with Gasteiger partial charge in [0.25, 0.3) is 0 Å². The maximum Gasteiger partial charge on any atom is 0.164 e. The molecular formula is C59H36N4O. The molecule has 2 aromatic heterocycles. The molecule has 1 spiro atoms. The van der Waals surface area contributed by atoms with Crippen LogP contribution in [0.5, 0.6) is 11.5 Å². The zero-order chi connectivity index (χ0) is 42.2. The molecule has 64 heavy (non-hydrogen) atoms. The lowest BCUT2D eigenvalue weighted by molar-refractivity contribution is 0.436. The number of aromatic nitrogens is 4. The van der Waals surface area contributed by atoms with E-state index in [1.807, 2.05) is 36.4 Å². The molecule has 3 heterocycles. The molecule has 0 N–H and O–H groups in total. The Morgan fingerprint density at radius 3 is 1.41 bits per heavy atom. The molecule has 298 valence electrons. The molecule has 0 unspecified atom stereocenters.